The molecule has 9 heteroatoms. The number of fused-ring (bicyclic) bond motifs is 1. The lowest BCUT2D eigenvalue weighted by molar-refractivity contribution is 0.0730. The van der Waals surface area contributed by atoms with Crippen molar-refractivity contribution >= 4 is 21.1 Å². The molecule has 0 saturated carbocycles. The fourth-order valence-corrected chi connectivity index (χ4v) is 5.19. The number of aryl methyl sites for hydroxylation is 1. The third-order valence-corrected chi connectivity index (χ3v) is 7.30. The SMILES string of the molecule is Cc1nc2c(-c3ccc(S(=O)(=O)N4CCOCC4)cc3)cccc2n1C/C(F)=C/CN. The van der Waals surface area contributed by atoms with Crippen LogP contribution in [-0.4, -0.2) is 55.1 Å². The molecular weight excluding hydrogens is 419 g/mol. The van der Waals surface area contributed by atoms with Crippen LogP contribution in [-0.2, 0) is 21.3 Å². The average Bonchev–Trinajstić information content (AvgIpc) is 3.10. The number of halogens is 1. The second kappa shape index (κ2) is 8.88. The van der Waals surface area contributed by atoms with Crippen LogP contribution in [0, 0.1) is 6.92 Å². The maximum absolute atomic E-state index is 14.1. The van der Waals surface area contributed by atoms with Gasteiger partial charge in [0.1, 0.15) is 11.7 Å². The van der Waals surface area contributed by atoms with Crippen molar-refractivity contribution < 1.29 is 17.5 Å². The van der Waals surface area contributed by atoms with E-state index in [1.165, 1.54) is 10.4 Å². The van der Waals surface area contributed by atoms with Crippen LogP contribution in [0.25, 0.3) is 22.2 Å². The van der Waals surface area contributed by atoms with Gasteiger partial charge in [0.15, 0.2) is 0 Å². The molecule has 1 aliphatic rings. The predicted molar refractivity (Wildman–Crippen MR) is 118 cm³/mol. The van der Waals surface area contributed by atoms with Crippen LogP contribution < -0.4 is 5.73 Å². The molecule has 31 heavy (non-hydrogen) atoms. The quantitative estimate of drug-likeness (QED) is 0.631. The number of hydrogen-bond acceptors (Lipinski definition) is 5. The molecular formula is C22H25FN4O3S. The maximum Gasteiger partial charge on any atom is 0.243 e. The van der Waals surface area contributed by atoms with Gasteiger partial charge in [0.05, 0.1) is 35.7 Å². The highest BCUT2D eigenvalue weighted by atomic mass is 32.2. The number of imidazole rings is 1. The fourth-order valence-electron chi connectivity index (χ4n) is 3.78. The van der Waals surface area contributed by atoms with Crippen molar-refractivity contribution in [2.75, 3.05) is 32.8 Å². The smallest absolute Gasteiger partial charge is 0.243 e. The minimum atomic E-state index is -3.55. The summed E-state index contributed by atoms with van der Waals surface area (Å²) >= 11 is 0. The Bertz CT molecular complexity index is 1210. The minimum Gasteiger partial charge on any atom is -0.379 e. The number of morpholine rings is 1. The Morgan fingerprint density at radius 3 is 2.58 bits per heavy atom. The third kappa shape index (κ3) is 4.27. The molecule has 2 heterocycles. The van der Waals surface area contributed by atoms with Crippen LogP contribution in [0.4, 0.5) is 4.39 Å². The lowest BCUT2D eigenvalue weighted by atomic mass is 10.0. The molecule has 164 valence electrons. The summed E-state index contributed by atoms with van der Waals surface area (Å²) in [5.74, 6) is 0.377. The van der Waals surface area contributed by atoms with Crippen molar-refractivity contribution in [2.24, 2.45) is 5.73 Å². The molecule has 1 saturated heterocycles. The Morgan fingerprint density at radius 2 is 1.90 bits per heavy atom. The van der Waals surface area contributed by atoms with Gasteiger partial charge in [0.25, 0.3) is 0 Å². The van der Waals surface area contributed by atoms with Gasteiger partial charge in [0, 0.05) is 25.2 Å². The molecule has 1 aliphatic heterocycles. The van der Waals surface area contributed by atoms with E-state index in [1.54, 1.807) is 28.8 Å². The number of para-hydroxylation sites is 1. The van der Waals surface area contributed by atoms with Crippen LogP contribution in [0.1, 0.15) is 5.82 Å². The lowest BCUT2D eigenvalue weighted by Crippen LogP contribution is -2.40. The van der Waals surface area contributed by atoms with Gasteiger partial charge in [-0.1, -0.05) is 24.3 Å². The summed E-state index contributed by atoms with van der Waals surface area (Å²) in [5, 5.41) is 0. The van der Waals surface area contributed by atoms with Crippen LogP contribution in [0.15, 0.2) is 59.3 Å². The van der Waals surface area contributed by atoms with Gasteiger partial charge in [-0.3, -0.25) is 0 Å². The number of rotatable bonds is 6. The normalized spacial score (nSPS) is 16.2. The molecule has 0 atom stereocenters. The molecule has 4 rings (SSSR count). The van der Waals surface area contributed by atoms with Crippen molar-refractivity contribution in [2.45, 2.75) is 18.4 Å². The van der Waals surface area contributed by atoms with E-state index in [4.69, 9.17) is 10.5 Å². The summed E-state index contributed by atoms with van der Waals surface area (Å²) in [5.41, 5.74) is 8.65. The molecule has 0 amide bonds. The summed E-state index contributed by atoms with van der Waals surface area (Å²) in [7, 11) is -3.55. The van der Waals surface area contributed by atoms with E-state index in [9.17, 15) is 12.8 Å². The van der Waals surface area contributed by atoms with Crippen molar-refractivity contribution in [1.29, 1.82) is 0 Å². The number of nitrogens with two attached hydrogens (primary N) is 1. The monoisotopic (exact) mass is 444 g/mol. The highest BCUT2D eigenvalue weighted by Crippen LogP contribution is 2.30. The van der Waals surface area contributed by atoms with Gasteiger partial charge in [-0.15, -0.1) is 0 Å². The Morgan fingerprint density at radius 1 is 1.19 bits per heavy atom. The van der Waals surface area contributed by atoms with Crippen LogP contribution in [0.3, 0.4) is 0 Å². The molecule has 3 aromatic rings. The van der Waals surface area contributed by atoms with Crippen LogP contribution in [0.5, 0.6) is 0 Å². The lowest BCUT2D eigenvalue weighted by Gasteiger charge is -2.26. The van der Waals surface area contributed by atoms with E-state index in [1.807, 2.05) is 25.1 Å². The van der Waals surface area contributed by atoms with Gasteiger partial charge in [-0.2, -0.15) is 4.31 Å². The minimum absolute atomic E-state index is 0.0692. The standard InChI is InChI=1S/C22H25FN4O3S/c1-16-25-22-20(3-2-4-21(22)27(16)15-18(23)9-10-24)17-5-7-19(8-6-17)31(28,29)26-11-13-30-14-12-26/h2-9H,10-15,24H2,1H3/b18-9-. The van der Waals surface area contributed by atoms with Crippen molar-refractivity contribution in [1.82, 2.24) is 13.9 Å². The van der Waals surface area contributed by atoms with Gasteiger partial charge < -0.3 is 15.0 Å². The topological polar surface area (TPSA) is 90.5 Å². The molecule has 1 fully saturated rings. The van der Waals surface area contributed by atoms with Crippen molar-refractivity contribution in [3.63, 3.8) is 0 Å². The van der Waals surface area contributed by atoms with Crippen molar-refractivity contribution in [3.8, 4) is 11.1 Å². The summed E-state index contributed by atoms with van der Waals surface area (Å²) < 4.78 is 48.3. The van der Waals surface area contributed by atoms with Gasteiger partial charge in [0.2, 0.25) is 10.0 Å². The Kier molecular flexibility index (Phi) is 6.19. The van der Waals surface area contributed by atoms with Crippen LogP contribution in [0.2, 0.25) is 0 Å². The predicted octanol–water partition coefficient (Wildman–Crippen LogP) is 2.84. The van der Waals surface area contributed by atoms with Gasteiger partial charge >= 0.3 is 0 Å². The molecule has 1 aromatic heterocycles. The van der Waals surface area contributed by atoms with E-state index in [0.29, 0.717) is 32.1 Å². The summed E-state index contributed by atoms with van der Waals surface area (Å²) in [6.07, 6.45) is 1.35. The third-order valence-electron chi connectivity index (χ3n) is 5.39. The Hall–Kier alpha value is -2.59. The molecule has 7 nitrogen and oxygen atoms in total. The molecule has 0 unspecified atom stereocenters. The molecule has 2 aromatic carbocycles. The number of ether oxygens (including phenoxy) is 1. The first-order chi connectivity index (χ1) is 14.9. The molecule has 0 bridgehead atoms. The highest BCUT2D eigenvalue weighted by Gasteiger charge is 2.26. The number of benzene rings is 2. The maximum atomic E-state index is 14.1. The molecule has 0 radical (unpaired) electrons. The zero-order chi connectivity index (χ0) is 22.0. The summed E-state index contributed by atoms with van der Waals surface area (Å²) in [6.45, 7) is 3.56. The number of hydrogen-bond donors (Lipinski definition) is 1. The Labute approximate surface area is 181 Å². The summed E-state index contributed by atoms with van der Waals surface area (Å²) in [6, 6.07) is 12.5. The second-order valence-corrected chi connectivity index (χ2v) is 9.28. The van der Waals surface area contributed by atoms with Crippen molar-refractivity contribution in [3.05, 3.63) is 60.2 Å². The van der Waals surface area contributed by atoms with E-state index in [2.05, 4.69) is 4.98 Å². The van der Waals surface area contributed by atoms with Gasteiger partial charge in [-0.25, -0.2) is 17.8 Å². The second-order valence-electron chi connectivity index (χ2n) is 7.35. The van der Waals surface area contributed by atoms with E-state index in [-0.39, 0.29) is 23.8 Å². The largest absolute Gasteiger partial charge is 0.379 e. The zero-order valence-electron chi connectivity index (χ0n) is 17.3. The van der Waals surface area contributed by atoms with Gasteiger partial charge in [-0.05, 0) is 36.8 Å². The van der Waals surface area contributed by atoms with E-state index < -0.39 is 10.0 Å². The number of nitrogens with zero attached hydrogens (tertiary/aromatic N) is 3. The van der Waals surface area contributed by atoms with E-state index >= 15 is 0 Å². The first-order valence-electron chi connectivity index (χ1n) is 10.1. The summed E-state index contributed by atoms with van der Waals surface area (Å²) in [4.78, 5) is 4.90. The zero-order valence-corrected chi connectivity index (χ0v) is 18.1. The fraction of sp³-hybridized carbons (Fsp3) is 0.318. The number of allylic oxidation sites excluding steroid dienone is 1. The molecule has 0 spiro atoms. The Balaban J connectivity index is 1.69. The number of sulfonamides is 1. The first-order valence-corrected chi connectivity index (χ1v) is 11.5. The molecule has 0 aliphatic carbocycles. The van der Waals surface area contributed by atoms with Crippen LogP contribution >= 0.6 is 0 Å². The number of aromatic nitrogens is 2. The highest BCUT2D eigenvalue weighted by molar-refractivity contribution is 7.89. The average molecular weight is 445 g/mol. The van der Waals surface area contributed by atoms with E-state index in [0.717, 1.165) is 22.2 Å². The molecule has 2 N–H and O–H groups in total. The first kappa shape index (κ1) is 21.6.